The Morgan fingerprint density at radius 2 is 1.96 bits per heavy atom. The van der Waals surface area contributed by atoms with Crippen molar-refractivity contribution in [1.29, 1.82) is 0 Å². The second-order valence-corrected chi connectivity index (χ2v) is 5.31. The van der Waals surface area contributed by atoms with Gasteiger partial charge in [0.15, 0.2) is 0 Å². The Labute approximate surface area is 134 Å². The first-order valence-corrected chi connectivity index (χ1v) is 7.31. The van der Waals surface area contributed by atoms with Gasteiger partial charge in [0.2, 0.25) is 5.95 Å². The number of nitrogens with zero attached hydrogens (tertiary/aromatic N) is 1. The highest BCUT2D eigenvalue weighted by Crippen LogP contribution is 2.18. The van der Waals surface area contributed by atoms with Gasteiger partial charge in [-0.3, -0.25) is 4.79 Å². The molecular weight excluding hydrogens is 299 g/mol. The maximum absolute atomic E-state index is 13.0. The molecule has 0 aliphatic carbocycles. The van der Waals surface area contributed by atoms with Crippen LogP contribution in [0.3, 0.4) is 0 Å². The second-order valence-electron chi connectivity index (χ2n) is 5.31. The van der Waals surface area contributed by atoms with E-state index < -0.39 is 18.0 Å². The molecule has 1 heterocycles. The van der Waals surface area contributed by atoms with Gasteiger partial charge in [-0.25, -0.2) is 4.98 Å². The highest BCUT2D eigenvalue weighted by Gasteiger charge is 2.12. The zero-order chi connectivity index (χ0) is 16.8. The molecule has 0 aliphatic rings. The van der Waals surface area contributed by atoms with Crippen LogP contribution in [-0.2, 0) is 0 Å². The molecule has 0 spiro atoms. The van der Waals surface area contributed by atoms with Crippen molar-refractivity contribution in [1.82, 2.24) is 10.3 Å². The molecule has 0 saturated heterocycles. The first kappa shape index (κ1) is 16.9. The average molecular weight is 318 g/mol. The molecule has 23 heavy (non-hydrogen) atoms. The molecule has 1 atom stereocenters. The van der Waals surface area contributed by atoms with E-state index in [2.05, 4.69) is 10.3 Å². The van der Waals surface area contributed by atoms with Crippen LogP contribution in [0.1, 0.15) is 36.0 Å². The Balaban J connectivity index is 1.91. The number of nitrogens with one attached hydrogen (secondary N) is 1. The number of hydrogen-bond acceptors (Lipinski definition) is 4. The molecule has 6 heteroatoms. The number of halogens is 1. The number of aromatic nitrogens is 1. The Bertz CT molecular complexity index is 659. The van der Waals surface area contributed by atoms with Gasteiger partial charge in [-0.15, -0.1) is 0 Å². The molecule has 0 fully saturated rings. The number of ether oxygens (including phenoxy) is 1. The Morgan fingerprint density at radius 1 is 1.26 bits per heavy atom. The van der Waals surface area contributed by atoms with E-state index >= 15 is 0 Å². The number of aliphatic hydroxyl groups is 1. The fraction of sp³-hybridized carbons (Fsp3) is 0.294. The summed E-state index contributed by atoms with van der Waals surface area (Å²) in [6, 6.07) is 10.9. The number of rotatable bonds is 6. The molecule has 2 aromatic rings. The van der Waals surface area contributed by atoms with Crippen molar-refractivity contribution in [3.63, 3.8) is 0 Å². The number of amides is 1. The quantitative estimate of drug-likeness (QED) is 0.803. The third kappa shape index (κ3) is 5.03. The molecule has 1 aromatic carbocycles. The van der Waals surface area contributed by atoms with Crippen molar-refractivity contribution in [3.05, 3.63) is 59.7 Å². The van der Waals surface area contributed by atoms with Crippen molar-refractivity contribution >= 4 is 5.91 Å². The van der Waals surface area contributed by atoms with Crippen LogP contribution in [0.5, 0.6) is 5.75 Å². The summed E-state index contributed by atoms with van der Waals surface area (Å²) in [4.78, 5) is 15.3. The van der Waals surface area contributed by atoms with Gasteiger partial charge >= 0.3 is 0 Å². The fourth-order valence-corrected chi connectivity index (χ4v) is 1.97. The number of pyridine rings is 1. The van der Waals surface area contributed by atoms with Crippen molar-refractivity contribution in [2.75, 3.05) is 6.54 Å². The Kier molecular flexibility index (Phi) is 5.65. The van der Waals surface area contributed by atoms with E-state index in [4.69, 9.17) is 4.74 Å². The summed E-state index contributed by atoms with van der Waals surface area (Å²) >= 11 is 0. The predicted molar refractivity (Wildman–Crippen MR) is 83.7 cm³/mol. The Morgan fingerprint density at radius 3 is 2.57 bits per heavy atom. The minimum Gasteiger partial charge on any atom is -0.491 e. The highest BCUT2D eigenvalue weighted by molar-refractivity contribution is 5.92. The van der Waals surface area contributed by atoms with Gasteiger partial charge in [0, 0.05) is 6.54 Å². The van der Waals surface area contributed by atoms with Gasteiger partial charge in [0.25, 0.3) is 5.91 Å². The Hall–Kier alpha value is -2.47. The maximum Gasteiger partial charge on any atom is 0.270 e. The summed E-state index contributed by atoms with van der Waals surface area (Å²) in [6.45, 7) is 3.86. The summed E-state index contributed by atoms with van der Waals surface area (Å²) in [7, 11) is 0. The molecule has 5 nitrogen and oxygen atoms in total. The van der Waals surface area contributed by atoms with Crippen LogP contribution in [0.4, 0.5) is 4.39 Å². The van der Waals surface area contributed by atoms with Crippen LogP contribution >= 0.6 is 0 Å². The lowest BCUT2D eigenvalue weighted by molar-refractivity contribution is 0.0910. The van der Waals surface area contributed by atoms with E-state index in [-0.39, 0.29) is 18.3 Å². The van der Waals surface area contributed by atoms with Crippen LogP contribution < -0.4 is 10.1 Å². The SMILES string of the molecule is CC(C)Oc1ccc(C(O)CNC(=O)c2cccc(F)n2)cc1. The topological polar surface area (TPSA) is 71.5 Å². The van der Waals surface area contributed by atoms with Crippen LogP contribution in [0.15, 0.2) is 42.5 Å². The van der Waals surface area contributed by atoms with Crippen LogP contribution in [0, 0.1) is 5.95 Å². The van der Waals surface area contributed by atoms with Gasteiger partial charge in [-0.2, -0.15) is 4.39 Å². The number of benzene rings is 1. The van der Waals surface area contributed by atoms with Gasteiger partial charge in [0.1, 0.15) is 11.4 Å². The molecular formula is C17H19FN2O3. The lowest BCUT2D eigenvalue weighted by Gasteiger charge is -2.14. The molecule has 2 N–H and O–H groups in total. The van der Waals surface area contributed by atoms with Gasteiger partial charge < -0.3 is 15.2 Å². The molecule has 1 amide bonds. The van der Waals surface area contributed by atoms with E-state index in [0.717, 1.165) is 6.07 Å². The number of aliphatic hydroxyl groups excluding tert-OH is 1. The summed E-state index contributed by atoms with van der Waals surface area (Å²) in [5.41, 5.74) is 0.617. The van der Waals surface area contributed by atoms with E-state index in [9.17, 15) is 14.3 Å². The zero-order valence-electron chi connectivity index (χ0n) is 13.0. The standard InChI is InChI=1S/C17H19FN2O3/c1-11(2)23-13-8-6-12(7-9-13)15(21)10-19-17(22)14-4-3-5-16(18)20-14/h3-9,11,15,21H,10H2,1-2H3,(H,19,22). The van der Waals surface area contributed by atoms with E-state index in [1.165, 1.54) is 12.1 Å². The fourth-order valence-electron chi connectivity index (χ4n) is 1.97. The van der Waals surface area contributed by atoms with E-state index in [1.54, 1.807) is 24.3 Å². The molecule has 122 valence electrons. The van der Waals surface area contributed by atoms with E-state index in [0.29, 0.717) is 11.3 Å². The number of hydrogen-bond donors (Lipinski definition) is 2. The van der Waals surface area contributed by atoms with Crippen molar-refractivity contribution < 1.29 is 19.0 Å². The molecule has 1 unspecified atom stereocenters. The average Bonchev–Trinajstić information content (AvgIpc) is 2.52. The molecule has 0 aliphatic heterocycles. The monoisotopic (exact) mass is 318 g/mol. The molecule has 2 rings (SSSR count). The summed E-state index contributed by atoms with van der Waals surface area (Å²) in [5.74, 6) is -0.550. The summed E-state index contributed by atoms with van der Waals surface area (Å²) in [5, 5.41) is 12.6. The zero-order valence-corrected chi connectivity index (χ0v) is 13.0. The number of carbonyl (C=O) groups excluding carboxylic acids is 1. The van der Waals surface area contributed by atoms with Gasteiger partial charge in [-0.1, -0.05) is 18.2 Å². The normalized spacial score (nSPS) is 12.0. The smallest absolute Gasteiger partial charge is 0.270 e. The van der Waals surface area contributed by atoms with E-state index in [1.807, 2.05) is 13.8 Å². The van der Waals surface area contributed by atoms with Crippen molar-refractivity contribution in [2.24, 2.45) is 0 Å². The lowest BCUT2D eigenvalue weighted by Crippen LogP contribution is -2.29. The highest BCUT2D eigenvalue weighted by atomic mass is 19.1. The largest absolute Gasteiger partial charge is 0.491 e. The second kappa shape index (κ2) is 7.69. The molecule has 0 saturated carbocycles. The summed E-state index contributed by atoms with van der Waals surface area (Å²) < 4.78 is 18.5. The van der Waals surface area contributed by atoms with Crippen LogP contribution in [0.2, 0.25) is 0 Å². The maximum atomic E-state index is 13.0. The first-order valence-electron chi connectivity index (χ1n) is 7.31. The first-order chi connectivity index (χ1) is 11.0. The van der Waals surface area contributed by atoms with Crippen molar-refractivity contribution in [2.45, 2.75) is 26.1 Å². The van der Waals surface area contributed by atoms with Crippen LogP contribution in [0.25, 0.3) is 0 Å². The van der Waals surface area contributed by atoms with Crippen molar-refractivity contribution in [3.8, 4) is 5.75 Å². The third-order valence-corrected chi connectivity index (χ3v) is 3.04. The lowest BCUT2D eigenvalue weighted by atomic mass is 10.1. The molecule has 0 bridgehead atoms. The van der Waals surface area contributed by atoms with Crippen LogP contribution in [-0.4, -0.2) is 28.6 Å². The molecule has 1 aromatic heterocycles. The predicted octanol–water partition coefficient (Wildman–Crippen LogP) is 2.47. The van der Waals surface area contributed by atoms with Gasteiger partial charge in [0.05, 0.1) is 12.2 Å². The number of carbonyl (C=O) groups is 1. The minimum atomic E-state index is -0.874. The summed E-state index contributed by atoms with van der Waals surface area (Å²) in [6.07, 6.45) is -0.801. The third-order valence-electron chi connectivity index (χ3n) is 3.04. The molecule has 0 radical (unpaired) electrons. The minimum absolute atomic E-state index is 0.00140. The van der Waals surface area contributed by atoms with Gasteiger partial charge in [-0.05, 0) is 43.7 Å².